The van der Waals surface area contributed by atoms with Crippen molar-refractivity contribution in [2.75, 3.05) is 5.32 Å². The van der Waals surface area contributed by atoms with Gasteiger partial charge in [-0.1, -0.05) is 38.8 Å². The van der Waals surface area contributed by atoms with Crippen molar-refractivity contribution in [2.45, 2.75) is 57.6 Å². The van der Waals surface area contributed by atoms with E-state index in [0.717, 1.165) is 31.4 Å². The van der Waals surface area contributed by atoms with Crippen LogP contribution in [0.25, 0.3) is 0 Å². The molecule has 0 radical (unpaired) electrons. The van der Waals surface area contributed by atoms with Gasteiger partial charge in [0.2, 0.25) is 0 Å². The second-order valence-corrected chi connectivity index (χ2v) is 5.84. The first kappa shape index (κ1) is 14.9. The van der Waals surface area contributed by atoms with Crippen LogP contribution in [0.15, 0.2) is 24.3 Å². The fourth-order valence-electron chi connectivity index (χ4n) is 2.59. The molecule has 0 saturated heterocycles. The molecule has 1 aliphatic rings. The van der Waals surface area contributed by atoms with E-state index in [1.165, 1.54) is 5.56 Å². The summed E-state index contributed by atoms with van der Waals surface area (Å²) in [5, 5.41) is 15.6. The highest BCUT2D eigenvalue weighted by Crippen LogP contribution is 2.20. The van der Waals surface area contributed by atoms with Crippen molar-refractivity contribution in [3.05, 3.63) is 29.8 Å². The van der Waals surface area contributed by atoms with E-state index < -0.39 is 6.10 Å². The lowest BCUT2D eigenvalue weighted by atomic mass is 9.93. The summed E-state index contributed by atoms with van der Waals surface area (Å²) in [7, 11) is 0. The van der Waals surface area contributed by atoms with Gasteiger partial charge < -0.3 is 15.7 Å². The summed E-state index contributed by atoms with van der Waals surface area (Å²) in [6.07, 6.45) is 3.30. The summed E-state index contributed by atoms with van der Waals surface area (Å²) in [5.74, 6) is 0.431. The minimum Gasteiger partial charge on any atom is -0.391 e. The van der Waals surface area contributed by atoms with E-state index >= 15 is 0 Å². The van der Waals surface area contributed by atoms with Gasteiger partial charge in [-0.3, -0.25) is 0 Å². The van der Waals surface area contributed by atoms with Crippen LogP contribution in [0.3, 0.4) is 0 Å². The molecule has 0 aliphatic heterocycles. The first-order chi connectivity index (χ1) is 9.56. The number of hydrogen-bond acceptors (Lipinski definition) is 2. The molecule has 2 unspecified atom stereocenters. The molecule has 0 heterocycles. The van der Waals surface area contributed by atoms with Crippen LogP contribution in [-0.2, 0) is 0 Å². The van der Waals surface area contributed by atoms with Crippen molar-refractivity contribution in [3.8, 4) is 0 Å². The lowest BCUT2D eigenvalue weighted by Crippen LogP contribution is -2.46. The van der Waals surface area contributed by atoms with Gasteiger partial charge in [-0.25, -0.2) is 4.79 Å². The van der Waals surface area contributed by atoms with Crippen LogP contribution < -0.4 is 10.6 Å². The van der Waals surface area contributed by atoms with Gasteiger partial charge in [0.25, 0.3) is 0 Å². The van der Waals surface area contributed by atoms with Crippen LogP contribution in [-0.4, -0.2) is 23.3 Å². The lowest BCUT2D eigenvalue weighted by Gasteiger charge is -2.28. The van der Waals surface area contributed by atoms with Gasteiger partial charge in [0.15, 0.2) is 0 Å². The maximum Gasteiger partial charge on any atom is 0.319 e. The number of aliphatic hydroxyl groups excluding tert-OH is 1. The van der Waals surface area contributed by atoms with Crippen molar-refractivity contribution in [1.29, 1.82) is 0 Å². The zero-order chi connectivity index (χ0) is 14.5. The molecular weight excluding hydrogens is 252 g/mol. The number of aliphatic hydroxyl groups is 1. The van der Waals surface area contributed by atoms with Crippen molar-refractivity contribution in [3.63, 3.8) is 0 Å². The predicted molar refractivity (Wildman–Crippen MR) is 80.9 cm³/mol. The Morgan fingerprint density at radius 3 is 2.75 bits per heavy atom. The Hall–Kier alpha value is -1.55. The quantitative estimate of drug-likeness (QED) is 0.793. The highest BCUT2D eigenvalue weighted by atomic mass is 16.3. The molecule has 2 amide bonds. The Kier molecular flexibility index (Phi) is 5.01. The second kappa shape index (κ2) is 6.75. The topological polar surface area (TPSA) is 61.4 Å². The Labute approximate surface area is 120 Å². The van der Waals surface area contributed by atoms with Crippen molar-refractivity contribution < 1.29 is 9.90 Å². The molecule has 1 aromatic carbocycles. The Morgan fingerprint density at radius 2 is 2.05 bits per heavy atom. The molecule has 4 heteroatoms. The van der Waals surface area contributed by atoms with E-state index in [4.69, 9.17) is 0 Å². The predicted octanol–water partition coefficient (Wildman–Crippen LogP) is 3.24. The van der Waals surface area contributed by atoms with E-state index in [9.17, 15) is 9.90 Å². The summed E-state index contributed by atoms with van der Waals surface area (Å²) in [6, 6.07) is 7.50. The monoisotopic (exact) mass is 276 g/mol. The number of anilines is 1. The number of carbonyl (C=O) groups excluding carboxylic acids is 1. The van der Waals surface area contributed by atoms with Crippen molar-refractivity contribution in [2.24, 2.45) is 0 Å². The third-order valence-corrected chi connectivity index (χ3v) is 3.86. The van der Waals surface area contributed by atoms with Crippen LogP contribution in [0.1, 0.15) is 51.0 Å². The smallest absolute Gasteiger partial charge is 0.319 e. The fourth-order valence-corrected chi connectivity index (χ4v) is 2.59. The Balaban J connectivity index is 1.92. The van der Waals surface area contributed by atoms with Gasteiger partial charge in [0.1, 0.15) is 0 Å². The van der Waals surface area contributed by atoms with Gasteiger partial charge >= 0.3 is 6.03 Å². The SMILES string of the molecule is CC(C)c1cccc(NC(=O)NC2CCCCC2O)c1. The van der Waals surface area contributed by atoms with E-state index in [0.29, 0.717) is 5.92 Å². The van der Waals surface area contributed by atoms with Crippen molar-refractivity contribution in [1.82, 2.24) is 5.32 Å². The molecule has 0 bridgehead atoms. The zero-order valence-electron chi connectivity index (χ0n) is 12.2. The lowest BCUT2D eigenvalue weighted by molar-refractivity contribution is 0.0955. The molecule has 20 heavy (non-hydrogen) atoms. The summed E-state index contributed by atoms with van der Waals surface area (Å²) in [5.41, 5.74) is 1.99. The van der Waals surface area contributed by atoms with Gasteiger partial charge in [-0.15, -0.1) is 0 Å². The average Bonchev–Trinajstić information content (AvgIpc) is 2.41. The van der Waals surface area contributed by atoms with E-state index in [1.807, 2.05) is 18.2 Å². The highest BCUT2D eigenvalue weighted by molar-refractivity contribution is 5.89. The number of carbonyl (C=O) groups is 1. The fraction of sp³-hybridized carbons (Fsp3) is 0.562. The van der Waals surface area contributed by atoms with Crippen LogP contribution in [0.2, 0.25) is 0 Å². The van der Waals surface area contributed by atoms with Crippen LogP contribution >= 0.6 is 0 Å². The Bertz CT molecular complexity index is 460. The molecule has 1 saturated carbocycles. The molecule has 4 nitrogen and oxygen atoms in total. The molecule has 3 N–H and O–H groups in total. The van der Waals surface area contributed by atoms with E-state index in [2.05, 4.69) is 30.5 Å². The molecule has 1 fully saturated rings. The normalized spacial score (nSPS) is 22.6. The van der Waals surface area contributed by atoms with Crippen molar-refractivity contribution >= 4 is 11.7 Å². The first-order valence-electron chi connectivity index (χ1n) is 7.42. The number of benzene rings is 1. The van der Waals surface area contributed by atoms with Gasteiger partial charge in [-0.05, 0) is 36.5 Å². The molecule has 0 aromatic heterocycles. The minimum atomic E-state index is -0.420. The molecule has 1 aromatic rings. The summed E-state index contributed by atoms with van der Waals surface area (Å²) in [4.78, 5) is 12.0. The third-order valence-electron chi connectivity index (χ3n) is 3.86. The molecule has 1 aliphatic carbocycles. The van der Waals surface area contributed by atoms with E-state index in [1.54, 1.807) is 0 Å². The maximum absolute atomic E-state index is 12.0. The number of nitrogens with one attached hydrogen (secondary N) is 2. The second-order valence-electron chi connectivity index (χ2n) is 5.84. The largest absolute Gasteiger partial charge is 0.391 e. The maximum atomic E-state index is 12.0. The first-order valence-corrected chi connectivity index (χ1v) is 7.42. The zero-order valence-corrected chi connectivity index (χ0v) is 12.2. The van der Waals surface area contributed by atoms with E-state index in [-0.39, 0.29) is 12.1 Å². The Morgan fingerprint density at radius 1 is 1.30 bits per heavy atom. The summed E-state index contributed by atoms with van der Waals surface area (Å²) >= 11 is 0. The van der Waals surface area contributed by atoms with Crippen LogP contribution in [0, 0.1) is 0 Å². The number of urea groups is 1. The minimum absolute atomic E-state index is 0.128. The van der Waals surface area contributed by atoms with Gasteiger partial charge in [-0.2, -0.15) is 0 Å². The summed E-state index contributed by atoms with van der Waals surface area (Å²) < 4.78 is 0. The van der Waals surface area contributed by atoms with Crippen LogP contribution in [0.4, 0.5) is 10.5 Å². The number of hydrogen-bond donors (Lipinski definition) is 3. The number of amides is 2. The summed E-state index contributed by atoms with van der Waals surface area (Å²) in [6.45, 7) is 4.25. The van der Waals surface area contributed by atoms with Crippen LogP contribution in [0.5, 0.6) is 0 Å². The van der Waals surface area contributed by atoms with Gasteiger partial charge in [0.05, 0.1) is 12.1 Å². The highest BCUT2D eigenvalue weighted by Gasteiger charge is 2.24. The standard InChI is InChI=1S/C16H24N2O2/c1-11(2)12-6-5-7-13(10-12)17-16(20)18-14-8-3-4-9-15(14)19/h5-7,10-11,14-15,19H,3-4,8-9H2,1-2H3,(H2,17,18,20). The van der Waals surface area contributed by atoms with Gasteiger partial charge in [0, 0.05) is 5.69 Å². The molecular formula is C16H24N2O2. The third kappa shape index (κ3) is 3.97. The molecule has 110 valence electrons. The molecule has 2 atom stereocenters. The molecule has 2 rings (SSSR count). The number of rotatable bonds is 3. The molecule has 0 spiro atoms. The average molecular weight is 276 g/mol.